The maximum atomic E-state index is 12.5. The third kappa shape index (κ3) is 3.68. The van der Waals surface area contributed by atoms with E-state index in [4.69, 9.17) is 5.73 Å². The zero-order valence-corrected chi connectivity index (χ0v) is 13.4. The van der Waals surface area contributed by atoms with Gasteiger partial charge in [-0.3, -0.25) is 9.69 Å². The predicted octanol–water partition coefficient (Wildman–Crippen LogP) is 1.99. The van der Waals surface area contributed by atoms with Gasteiger partial charge in [-0.25, -0.2) is 0 Å². The van der Waals surface area contributed by atoms with E-state index in [-0.39, 0.29) is 11.9 Å². The number of likely N-dealkylation sites (tertiary alicyclic amines) is 1. The number of rotatable bonds is 5. The van der Waals surface area contributed by atoms with Gasteiger partial charge in [0.25, 0.3) is 0 Å². The molecule has 22 heavy (non-hydrogen) atoms. The lowest BCUT2D eigenvalue weighted by Crippen LogP contribution is -2.54. The molecule has 2 unspecified atom stereocenters. The quantitative estimate of drug-likeness (QED) is 0.905. The summed E-state index contributed by atoms with van der Waals surface area (Å²) < 4.78 is 0. The molecule has 4 nitrogen and oxygen atoms in total. The van der Waals surface area contributed by atoms with Gasteiger partial charge in [0.1, 0.15) is 0 Å². The fourth-order valence-corrected chi connectivity index (χ4v) is 3.49. The Morgan fingerprint density at radius 2 is 2.00 bits per heavy atom. The lowest BCUT2D eigenvalue weighted by molar-refractivity contribution is -0.136. The third-order valence-electron chi connectivity index (χ3n) is 4.71. The first-order chi connectivity index (χ1) is 10.6. The second-order valence-electron chi connectivity index (χ2n) is 6.78. The molecule has 2 fully saturated rings. The van der Waals surface area contributed by atoms with Crippen LogP contribution in [0.1, 0.15) is 38.2 Å². The number of nitrogens with zero attached hydrogens (tertiary/aromatic N) is 2. The smallest absolute Gasteiger partial charge is 0.239 e. The second-order valence-corrected chi connectivity index (χ2v) is 6.78. The van der Waals surface area contributed by atoms with Crippen LogP contribution in [0.15, 0.2) is 30.3 Å². The van der Waals surface area contributed by atoms with E-state index in [1.54, 1.807) is 0 Å². The average Bonchev–Trinajstić information content (AvgIpc) is 3.33. The van der Waals surface area contributed by atoms with Crippen LogP contribution in [0.5, 0.6) is 0 Å². The molecule has 120 valence electrons. The first-order valence-corrected chi connectivity index (χ1v) is 8.49. The van der Waals surface area contributed by atoms with Crippen LogP contribution < -0.4 is 5.73 Å². The fraction of sp³-hybridized carbons (Fsp3) is 0.611. The van der Waals surface area contributed by atoms with Crippen LogP contribution in [0.25, 0.3) is 0 Å². The number of benzene rings is 1. The molecule has 0 aromatic heterocycles. The summed E-state index contributed by atoms with van der Waals surface area (Å²) in [5.74, 6) is 0.133. The number of hydrogen-bond acceptors (Lipinski definition) is 3. The predicted molar refractivity (Wildman–Crippen MR) is 88.3 cm³/mol. The van der Waals surface area contributed by atoms with Crippen LogP contribution in [0.3, 0.4) is 0 Å². The van der Waals surface area contributed by atoms with Gasteiger partial charge in [-0.05, 0) is 44.7 Å². The summed E-state index contributed by atoms with van der Waals surface area (Å²) >= 11 is 0. The third-order valence-corrected chi connectivity index (χ3v) is 4.71. The molecule has 0 radical (unpaired) electrons. The first kappa shape index (κ1) is 15.5. The average molecular weight is 301 g/mol. The highest BCUT2D eigenvalue weighted by Gasteiger charge is 2.39. The molecule has 3 rings (SSSR count). The Labute approximate surface area is 133 Å². The van der Waals surface area contributed by atoms with Gasteiger partial charge in [-0.1, -0.05) is 30.3 Å². The molecule has 1 amide bonds. The standard InChI is InChI=1S/C18H27N3O/c1-14(19)18(22)21(16-9-10-16)17-8-5-11-20(13-17)12-15-6-3-2-4-7-15/h2-4,6-7,14,16-17H,5,8-13,19H2,1H3. The van der Waals surface area contributed by atoms with Crippen LogP contribution in [-0.2, 0) is 11.3 Å². The minimum atomic E-state index is -0.384. The Balaban J connectivity index is 1.65. The Morgan fingerprint density at radius 1 is 1.27 bits per heavy atom. The van der Waals surface area contributed by atoms with Gasteiger partial charge in [0.05, 0.1) is 6.04 Å². The highest BCUT2D eigenvalue weighted by Crippen LogP contribution is 2.32. The van der Waals surface area contributed by atoms with E-state index >= 15 is 0 Å². The number of amides is 1. The summed E-state index contributed by atoms with van der Waals surface area (Å²) in [6, 6.07) is 11.0. The number of hydrogen-bond donors (Lipinski definition) is 1. The molecule has 2 atom stereocenters. The highest BCUT2D eigenvalue weighted by atomic mass is 16.2. The molecule has 2 N–H and O–H groups in total. The van der Waals surface area contributed by atoms with E-state index < -0.39 is 0 Å². The van der Waals surface area contributed by atoms with E-state index in [9.17, 15) is 4.79 Å². The molecule has 1 saturated heterocycles. The summed E-state index contributed by atoms with van der Waals surface area (Å²) in [7, 11) is 0. The molecule has 1 heterocycles. The van der Waals surface area contributed by atoms with Gasteiger partial charge >= 0.3 is 0 Å². The van der Waals surface area contributed by atoms with Gasteiger partial charge in [-0.2, -0.15) is 0 Å². The summed E-state index contributed by atoms with van der Waals surface area (Å²) in [4.78, 5) is 17.1. The van der Waals surface area contributed by atoms with Gasteiger partial charge in [-0.15, -0.1) is 0 Å². The first-order valence-electron chi connectivity index (χ1n) is 8.49. The number of nitrogens with two attached hydrogens (primary N) is 1. The van der Waals surface area contributed by atoms with Crippen LogP contribution in [0, 0.1) is 0 Å². The summed E-state index contributed by atoms with van der Waals surface area (Å²) in [5.41, 5.74) is 7.21. The van der Waals surface area contributed by atoms with E-state index in [2.05, 4.69) is 40.1 Å². The lowest BCUT2D eigenvalue weighted by Gasteiger charge is -2.40. The summed E-state index contributed by atoms with van der Waals surface area (Å²) in [6.45, 7) is 4.88. The number of carbonyl (C=O) groups is 1. The molecule has 1 saturated carbocycles. The topological polar surface area (TPSA) is 49.6 Å². The Kier molecular flexibility index (Phi) is 4.79. The van der Waals surface area contributed by atoms with Crippen molar-refractivity contribution < 1.29 is 4.79 Å². The van der Waals surface area contributed by atoms with Crippen molar-refractivity contribution in [3.8, 4) is 0 Å². The normalized spacial score (nSPS) is 24.0. The summed E-state index contributed by atoms with van der Waals surface area (Å²) in [5, 5.41) is 0. The molecule has 1 aliphatic carbocycles. The Bertz CT molecular complexity index is 498. The number of carbonyl (C=O) groups excluding carboxylic acids is 1. The Hall–Kier alpha value is -1.39. The van der Waals surface area contributed by atoms with Crippen molar-refractivity contribution in [3.05, 3.63) is 35.9 Å². The van der Waals surface area contributed by atoms with Gasteiger partial charge < -0.3 is 10.6 Å². The molecule has 0 spiro atoms. The molecule has 2 aliphatic rings. The van der Waals surface area contributed by atoms with Crippen LogP contribution in [-0.4, -0.2) is 46.9 Å². The molecular weight excluding hydrogens is 274 g/mol. The molecule has 4 heteroatoms. The minimum Gasteiger partial charge on any atom is -0.334 e. The maximum Gasteiger partial charge on any atom is 0.239 e. The van der Waals surface area contributed by atoms with Gasteiger partial charge in [0, 0.05) is 25.2 Å². The van der Waals surface area contributed by atoms with Crippen molar-refractivity contribution in [2.75, 3.05) is 13.1 Å². The van der Waals surface area contributed by atoms with Crippen LogP contribution >= 0.6 is 0 Å². The van der Waals surface area contributed by atoms with Gasteiger partial charge in [0.15, 0.2) is 0 Å². The Morgan fingerprint density at radius 3 is 2.64 bits per heavy atom. The van der Waals surface area contributed by atoms with Gasteiger partial charge in [0.2, 0.25) is 5.91 Å². The molecule has 1 aromatic carbocycles. The van der Waals surface area contributed by atoms with Crippen molar-refractivity contribution in [1.82, 2.24) is 9.80 Å². The maximum absolute atomic E-state index is 12.5. The second kappa shape index (κ2) is 6.80. The SMILES string of the molecule is CC(N)C(=O)N(C1CC1)C1CCCN(Cc2ccccc2)C1. The van der Waals surface area contributed by atoms with E-state index in [1.807, 2.05) is 6.92 Å². The molecule has 0 bridgehead atoms. The summed E-state index contributed by atoms with van der Waals surface area (Å²) in [6.07, 6.45) is 4.56. The van der Waals surface area contributed by atoms with E-state index in [1.165, 1.54) is 5.56 Å². The molecular formula is C18H27N3O. The highest BCUT2D eigenvalue weighted by molar-refractivity contribution is 5.82. The number of piperidine rings is 1. The van der Waals surface area contributed by atoms with Crippen LogP contribution in [0.2, 0.25) is 0 Å². The fourth-order valence-electron chi connectivity index (χ4n) is 3.49. The van der Waals surface area contributed by atoms with Crippen LogP contribution in [0.4, 0.5) is 0 Å². The molecule has 1 aliphatic heterocycles. The zero-order valence-electron chi connectivity index (χ0n) is 13.4. The van der Waals surface area contributed by atoms with Crippen molar-refractivity contribution in [1.29, 1.82) is 0 Å². The van der Waals surface area contributed by atoms with E-state index in [0.29, 0.717) is 12.1 Å². The van der Waals surface area contributed by atoms with Crippen molar-refractivity contribution in [2.24, 2.45) is 5.73 Å². The van der Waals surface area contributed by atoms with Crippen molar-refractivity contribution in [3.63, 3.8) is 0 Å². The zero-order chi connectivity index (χ0) is 15.5. The lowest BCUT2D eigenvalue weighted by atomic mass is 10.0. The molecule has 1 aromatic rings. The van der Waals surface area contributed by atoms with E-state index in [0.717, 1.165) is 45.3 Å². The van der Waals surface area contributed by atoms with Crippen molar-refractivity contribution >= 4 is 5.91 Å². The monoisotopic (exact) mass is 301 g/mol. The minimum absolute atomic E-state index is 0.133. The van der Waals surface area contributed by atoms with Crippen molar-refractivity contribution in [2.45, 2.75) is 57.3 Å². The largest absolute Gasteiger partial charge is 0.334 e.